The van der Waals surface area contributed by atoms with Gasteiger partial charge in [-0.1, -0.05) is 24.1 Å². The van der Waals surface area contributed by atoms with Crippen molar-refractivity contribution >= 4 is 40.1 Å². The van der Waals surface area contributed by atoms with E-state index >= 15 is 0 Å². The number of non-ortho nitro benzene ring substituents is 1. The molecule has 0 fully saturated rings. The molecule has 1 aromatic heterocycles. The lowest BCUT2D eigenvalue weighted by Gasteiger charge is -2.23. The number of nitrogens with zero attached hydrogens (tertiary/aromatic N) is 4. The smallest absolute Gasteiger partial charge is 0.328 e. The van der Waals surface area contributed by atoms with Crippen molar-refractivity contribution < 1.29 is 28.8 Å². The van der Waals surface area contributed by atoms with Gasteiger partial charge >= 0.3 is 11.9 Å². The van der Waals surface area contributed by atoms with Gasteiger partial charge < -0.3 is 19.7 Å². The Bertz CT molecular complexity index is 1970. The molecule has 4 rings (SSSR count). The first-order valence-corrected chi connectivity index (χ1v) is 15.3. The van der Waals surface area contributed by atoms with Crippen LogP contribution in [0.15, 0.2) is 71.5 Å². The summed E-state index contributed by atoms with van der Waals surface area (Å²) >= 11 is 0. The molecule has 1 heterocycles. The molecule has 0 aliphatic rings. The fraction of sp³-hybridized carbons (Fsp3) is 0.306. The van der Waals surface area contributed by atoms with Crippen LogP contribution in [0.2, 0.25) is 0 Å². The van der Waals surface area contributed by atoms with Crippen LogP contribution in [0.25, 0.3) is 10.9 Å². The molecule has 4 aromatic rings. The molecule has 0 radical (unpaired) electrons. The number of aryl methyl sites for hydroxylation is 1. The number of hydrogen-bond acceptors (Lipinski definition) is 10. The highest BCUT2D eigenvalue weighted by molar-refractivity contribution is 5.97. The standard InChI is InChI=1S/C36H37N5O8/c1-7-18-39(21-25-10-17-30-29(19-25)33(43)40(23(2)37-30)22-49-35(45)36(3,4)5)27-15-11-26(12-16-27)32(42)38-31(34(44)48-6)20-24-8-13-28(14-9-24)41(46)47/h1,8-17,19,31H,18,20-22H2,2-6H3,(H,38,42)/t31-/m0/s1. The normalized spacial score (nSPS) is 11.7. The quantitative estimate of drug-likeness (QED) is 0.0997. The van der Waals surface area contributed by atoms with Crippen molar-refractivity contribution in [2.45, 2.75) is 53.4 Å². The zero-order valence-electron chi connectivity index (χ0n) is 27.9. The number of nitrogens with one attached hydrogen (secondary N) is 1. The van der Waals surface area contributed by atoms with E-state index in [4.69, 9.17) is 15.9 Å². The Hall–Kier alpha value is -6.03. The highest BCUT2D eigenvalue weighted by Gasteiger charge is 2.25. The predicted octanol–water partition coefficient (Wildman–Crippen LogP) is 4.31. The molecule has 0 spiro atoms. The first-order chi connectivity index (χ1) is 23.2. The van der Waals surface area contributed by atoms with Crippen LogP contribution in [0.4, 0.5) is 11.4 Å². The highest BCUT2D eigenvalue weighted by Crippen LogP contribution is 2.21. The van der Waals surface area contributed by atoms with Gasteiger partial charge in [0.25, 0.3) is 17.2 Å². The molecule has 0 saturated carbocycles. The maximum atomic E-state index is 13.4. The summed E-state index contributed by atoms with van der Waals surface area (Å²) in [4.78, 5) is 68.2. The van der Waals surface area contributed by atoms with Gasteiger partial charge in [-0.15, -0.1) is 6.42 Å². The van der Waals surface area contributed by atoms with E-state index in [1.54, 1.807) is 64.1 Å². The maximum Gasteiger partial charge on any atom is 0.328 e. The minimum atomic E-state index is -1.03. The van der Waals surface area contributed by atoms with Crippen LogP contribution in [-0.4, -0.2) is 52.0 Å². The fourth-order valence-corrected chi connectivity index (χ4v) is 4.93. The third kappa shape index (κ3) is 8.86. The molecular formula is C36H37N5O8. The van der Waals surface area contributed by atoms with E-state index in [1.807, 2.05) is 11.0 Å². The SMILES string of the molecule is C#CCN(Cc1ccc2nc(C)n(COC(=O)C(C)(C)C)c(=O)c2c1)c1ccc(C(=O)N[C@@H](Cc2ccc([N+](=O)[O-])cc2)C(=O)OC)cc1. The van der Waals surface area contributed by atoms with Crippen molar-refractivity contribution in [1.82, 2.24) is 14.9 Å². The Morgan fingerprint density at radius 3 is 2.31 bits per heavy atom. The first-order valence-electron chi connectivity index (χ1n) is 15.3. The van der Waals surface area contributed by atoms with Crippen molar-refractivity contribution in [1.29, 1.82) is 0 Å². The number of methoxy groups -OCH3 is 1. The molecule has 1 N–H and O–H groups in total. The van der Waals surface area contributed by atoms with Crippen molar-refractivity contribution in [3.05, 3.63) is 110 Å². The molecule has 1 atom stereocenters. The van der Waals surface area contributed by atoms with Crippen molar-refractivity contribution in [2.75, 3.05) is 18.6 Å². The zero-order valence-corrected chi connectivity index (χ0v) is 27.9. The van der Waals surface area contributed by atoms with Gasteiger partial charge in [0.2, 0.25) is 0 Å². The highest BCUT2D eigenvalue weighted by atomic mass is 16.6. The van der Waals surface area contributed by atoms with Gasteiger partial charge in [-0.25, -0.2) is 9.78 Å². The second-order valence-electron chi connectivity index (χ2n) is 12.3. The van der Waals surface area contributed by atoms with Gasteiger partial charge in [0.1, 0.15) is 11.9 Å². The minimum Gasteiger partial charge on any atom is -0.467 e. The molecule has 0 saturated heterocycles. The molecule has 0 unspecified atom stereocenters. The summed E-state index contributed by atoms with van der Waals surface area (Å²) < 4.78 is 11.6. The molecule has 1 amide bonds. The van der Waals surface area contributed by atoms with Gasteiger partial charge in [0.05, 0.1) is 34.9 Å². The van der Waals surface area contributed by atoms with E-state index in [9.17, 15) is 29.3 Å². The van der Waals surface area contributed by atoms with Crippen LogP contribution in [0.3, 0.4) is 0 Å². The number of fused-ring (bicyclic) bond motifs is 1. The van der Waals surface area contributed by atoms with Gasteiger partial charge in [-0.3, -0.25) is 29.1 Å². The summed E-state index contributed by atoms with van der Waals surface area (Å²) in [5.74, 6) is 1.43. The monoisotopic (exact) mass is 667 g/mol. The van der Waals surface area contributed by atoms with E-state index in [1.165, 1.54) is 35.9 Å². The average molecular weight is 668 g/mol. The number of ether oxygens (including phenoxy) is 2. The molecule has 49 heavy (non-hydrogen) atoms. The molecule has 13 nitrogen and oxygen atoms in total. The van der Waals surface area contributed by atoms with Crippen LogP contribution in [0.5, 0.6) is 0 Å². The predicted molar refractivity (Wildman–Crippen MR) is 183 cm³/mol. The summed E-state index contributed by atoms with van der Waals surface area (Å²) in [5.41, 5.74) is 1.71. The van der Waals surface area contributed by atoms with Gasteiger partial charge in [0.15, 0.2) is 6.73 Å². The first kappa shape index (κ1) is 35.8. The van der Waals surface area contributed by atoms with Crippen LogP contribution < -0.4 is 15.8 Å². The Labute approximate surface area is 283 Å². The number of carbonyl (C=O) groups is 3. The van der Waals surface area contributed by atoms with Crippen LogP contribution >= 0.6 is 0 Å². The van der Waals surface area contributed by atoms with Crippen molar-refractivity contribution in [2.24, 2.45) is 5.41 Å². The Balaban J connectivity index is 1.50. The number of nitro benzene ring substituents is 1. The van der Waals surface area contributed by atoms with E-state index in [-0.39, 0.29) is 36.5 Å². The molecule has 3 aromatic carbocycles. The lowest BCUT2D eigenvalue weighted by molar-refractivity contribution is -0.384. The Morgan fingerprint density at radius 2 is 1.71 bits per heavy atom. The Kier molecular flexibility index (Phi) is 11.1. The molecule has 0 bridgehead atoms. The molecule has 13 heteroatoms. The summed E-state index contributed by atoms with van der Waals surface area (Å²) in [5, 5.41) is 14.0. The third-order valence-corrected chi connectivity index (χ3v) is 7.67. The van der Waals surface area contributed by atoms with Crippen LogP contribution in [0.1, 0.15) is 48.1 Å². The lowest BCUT2D eigenvalue weighted by Crippen LogP contribution is -2.43. The number of hydrogen-bond donors (Lipinski definition) is 1. The number of amides is 1. The molecule has 254 valence electrons. The van der Waals surface area contributed by atoms with E-state index in [0.29, 0.717) is 34.5 Å². The van der Waals surface area contributed by atoms with Gasteiger partial charge in [-0.05, 0) is 75.2 Å². The van der Waals surface area contributed by atoms with E-state index in [0.717, 1.165) is 5.56 Å². The van der Waals surface area contributed by atoms with E-state index < -0.39 is 34.2 Å². The van der Waals surface area contributed by atoms with E-state index in [2.05, 4.69) is 16.2 Å². The summed E-state index contributed by atoms with van der Waals surface area (Å²) in [6.45, 7) is 7.16. The molecular weight excluding hydrogens is 630 g/mol. The van der Waals surface area contributed by atoms with Gasteiger partial charge in [0, 0.05) is 36.3 Å². The number of benzene rings is 3. The largest absolute Gasteiger partial charge is 0.467 e. The fourth-order valence-electron chi connectivity index (χ4n) is 4.93. The maximum absolute atomic E-state index is 13.4. The van der Waals surface area contributed by atoms with Gasteiger partial charge in [-0.2, -0.15) is 0 Å². The molecule has 0 aliphatic heterocycles. The number of rotatable bonds is 12. The topological polar surface area (TPSA) is 163 Å². The second kappa shape index (κ2) is 15.2. The number of anilines is 1. The second-order valence-corrected chi connectivity index (χ2v) is 12.3. The zero-order chi connectivity index (χ0) is 35.9. The number of carbonyl (C=O) groups excluding carboxylic acids is 3. The number of nitro groups is 1. The lowest BCUT2D eigenvalue weighted by atomic mass is 9.98. The summed E-state index contributed by atoms with van der Waals surface area (Å²) in [6.07, 6.45) is 5.75. The summed E-state index contributed by atoms with van der Waals surface area (Å²) in [7, 11) is 1.21. The Morgan fingerprint density at radius 1 is 1.06 bits per heavy atom. The minimum absolute atomic E-state index is 0.0679. The van der Waals surface area contributed by atoms with Crippen LogP contribution in [0, 0.1) is 34.8 Å². The number of aromatic nitrogens is 2. The van der Waals surface area contributed by atoms with Crippen LogP contribution in [-0.2, 0) is 38.8 Å². The summed E-state index contributed by atoms with van der Waals surface area (Å²) in [6, 6.07) is 16.6. The average Bonchev–Trinajstić information content (AvgIpc) is 3.07. The molecule has 0 aliphatic carbocycles. The van der Waals surface area contributed by atoms with Crippen molar-refractivity contribution in [3.8, 4) is 12.3 Å². The number of esters is 2. The van der Waals surface area contributed by atoms with Crippen molar-refractivity contribution in [3.63, 3.8) is 0 Å². The number of terminal acetylenes is 1. The third-order valence-electron chi connectivity index (χ3n) is 7.67.